The van der Waals surface area contributed by atoms with Crippen LogP contribution >= 0.6 is 0 Å². The van der Waals surface area contributed by atoms with E-state index in [9.17, 15) is 0 Å². The molecular weight excluding hydrogens is 198 g/mol. The third-order valence-corrected chi connectivity index (χ3v) is 2.52. The molecule has 0 aliphatic rings. The standard InChI is InChI=1S/C13H15N3/c1-10-5-6-15-8-11(10)9-16-13-4-2-3-12(14)7-13/h2-8,16H,9,14H2,1H3. The van der Waals surface area contributed by atoms with Crippen LogP contribution in [0.15, 0.2) is 42.7 Å². The Morgan fingerprint density at radius 2 is 2.19 bits per heavy atom. The van der Waals surface area contributed by atoms with Gasteiger partial charge in [-0.3, -0.25) is 4.98 Å². The summed E-state index contributed by atoms with van der Waals surface area (Å²) in [6.45, 7) is 2.85. The molecule has 0 aliphatic carbocycles. The van der Waals surface area contributed by atoms with Crippen molar-refractivity contribution < 1.29 is 0 Å². The molecule has 3 heteroatoms. The highest BCUT2D eigenvalue weighted by Crippen LogP contribution is 2.14. The smallest absolute Gasteiger partial charge is 0.0418 e. The first kappa shape index (κ1) is 10.5. The Hall–Kier alpha value is -2.03. The molecule has 0 amide bonds. The van der Waals surface area contributed by atoms with Crippen LogP contribution in [-0.2, 0) is 6.54 Å². The van der Waals surface area contributed by atoms with Gasteiger partial charge in [0.05, 0.1) is 0 Å². The van der Waals surface area contributed by atoms with Gasteiger partial charge in [-0.15, -0.1) is 0 Å². The number of anilines is 2. The first-order chi connectivity index (χ1) is 7.75. The van der Waals surface area contributed by atoms with Crippen molar-refractivity contribution in [2.24, 2.45) is 0 Å². The van der Waals surface area contributed by atoms with E-state index in [0.717, 1.165) is 17.9 Å². The molecule has 0 unspecified atom stereocenters. The van der Waals surface area contributed by atoms with Gasteiger partial charge in [-0.25, -0.2) is 0 Å². The number of nitrogens with zero attached hydrogens (tertiary/aromatic N) is 1. The predicted octanol–water partition coefficient (Wildman–Crippen LogP) is 2.58. The van der Waals surface area contributed by atoms with Crippen LogP contribution in [0.1, 0.15) is 11.1 Å². The minimum absolute atomic E-state index is 0.767. The highest BCUT2D eigenvalue weighted by atomic mass is 14.9. The second kappa shape index (κ2) is 4.66. The molecule has 0 spiro atoms. The van der Waals surface area contributed by atoms with Gasteiger partial charge >= 0.3 is 0 Å². The summed E-state index contributed by atoms with van der Waals surface area (Å²) in [4.78, 5) is 4.11. The molecule has 0 radical (unpaired) electrons. The zero-order valence-electron chi connectivity index (χ0n) is 9.27. The van der Waals surface area contributed by atoms with E-state index in [2.05, 4.69) is 17.2 Å². The number of rotatable bonds is 3. The summed E-state index contributed by atoms with van der Waals surface area (Å²) in [5.41, 5.74) is 9.95. The van der Waals surface area contributed by atoms with E-state index < -0.39 is 0 Å². The van der Waals surface area contributed by atoms with Gasteiger partial charge in [0.2, 0.25) is 0 Å². The molecule has 0 aliphatic heterocycles. The van der Waals surface area contributed by atoms with Crippen LogP contribution in [0.25, 0.3) is 0 Å². The summed E-state index contributed by atoms with van der Waals surface area (Å²) in [6.07, 6.45) is 3.69. The van der Waals surface area contributed by atoms with Crippen molar-refractivity contribution >= 4 is 11.4 Å². The maximum absolute atomic E-state index is 5.71. The SMILES string of the molecule is Cc1ccncc1CNc1cccc(N)c1. The van der Waals surface area contributed by atoms with Crippen molar-refractivity contribution in [2.45, 2.75) is 13.5 Å². The maximum Gasteiger partial charge on any atom is 0.0418 e. The molecule has 0 atom stereocenters. The molecule has 0 saturated heterocycles. The topological polar surface area (TPSA) is 50.9 Å². The lowest BCUT2D eigenvalue weighted by molar-refractivity contribution is 1.08. The molecule has 16 heavy (non-hydrogen) atoms. The number of nitrogens with one attached hydrogen (secondary N) is 1. The molecular formula is C13H15N3. The lowest BCUT2D eigenvalue weighted by Gasteiger charge is -2.08. The van der Waals surface area contributed by atoms with Gasteiger partial charge in [0.1, 0.15) is 0 Å². The molecule has 1 aromatic carbocycles. The maximum atomic E-state index is 5.71. The van der Waals surface area contributed by atoms with E-state index in [1.807, 2.05) is 36.5 Å². The fraction of sp³-hybridized carbons (Fsp3) is 0.154. The van der Waals surface area contributed by atoms with Crippen molar-refractivity contribution in [3.63, 3.8) is 0 Å². The van der Waals surface area contributed by atoms with Gasteiger partial charge < -0.3 is 11.1 Å². The second-order valence-electron chi connectivity index (χ2n) is 3.78. The normalized spacial score (nSPS) is 10.1. The number of hydrogen-bond donors (Lipinski definition) is 2. The summed E-state index contributed by atoms with van der Waals surface area (Å²) in [5.74, 6) is 0. The van der Waals surface area contributed by atoms with E-state index in [-0.39, 0.29) is 0 Å². The number of hydrogen-bond acceptors (Lipinski definition) is 3. The zero-order valence-corrected chi connectivity index (χ0v) is 9.27. The third-order valence-electron chi connectivity index (χ3n) is 2.52. The quantitative estimate of drug-likeness (QED) is 0.770. The van der Waals surface area contributed by atoms with Crippen molar-refractivity contribution in [3.05, 3.63) is 53.9 Å². The average Bonchev–Trinajstić information content (AvgIpc) is 2.28. The molecule has 0 saturated carbocycles. The minimum Gasteiger partial charge on any atom is -0.399 e. The highest BCUT2D eigenvalue weighted by Gasteiger charge is 1.97. The molecule has 3 N–H and O–H groups in total. The number of nitrogens with two attached hydrogens (primary N) is 1. The number of pyridine rings is 1. The molecule has 2 rings (SSSR count). The predicted molar refractivity (Wildman–Crippen MR) is 67.2 cm³/mol. The van der Waals surface area contributed by atoms with Crippen LogP contribution in [-0.4, -0.2) is 4.98 Å². The minimum atomic E-state index is 0.767. The summed E-state index contributed by atoms with van der Waals surface area (Å²) in [6, 6.07) is 9.75. The van der Waals surface area contributed by atoms with Crippen LogP contribution in [0.2, 0.25) is 0 Å². The lowest BCUT2D eigenvalue weighted by Crippen LogP contribution is -2.02. The lowest BCUT2D eigenvalue weighted by atomic mass is 10.1. The molecule has 0 fully saturated rings. The van der Waals surface area contributed by atoms with Crippen molar-refractivity contribution in [1.29, 1.82) is 0 Å². The Kier molecular flexibility index (Phi) is 3.05. The van der Waals surface area contributed by atoms with Gasteiger partial charge in [0.25, 0.3) is 0 Å². The van der Waals surface area contributed by atoms with Gasteiger partial charge in [-0.2, -0.15) is 0 Å². The largest absolute Gasteiger partial charge is 0.399 e. The van der Waals surface area contributed by atoms with E-state index >= 15 is 0 Å². The number of benzene rings is 1. The van der Waals surface area contributed by atoms with E-state index in [1.54, 1.807) is 6.20 Å². The number of nitrogen functional groups attached to an aromatic ring is 1. The van der Waals surface area contributed by atoms with Gasteiger partial charge in [-0.1, -0.05) is 6.07 Å². The highest BCUT2D eigenvalue weighted by molar-refractivity contribution is 5.54. The fourth-order valence-corrected chi connectivity index (χ4v) is 1.53. The monoisotopic (exact) mass is 213 g/mol. The van der Waals surface area contributed by atoms with Crippen LogP contribution in [0.5, 0.6) is 0 Å². The molecule has 2 aromatic rings. The molecule has 82 valence electrons. The van der Waals surface area contributed by atoms with Crippen molar-refractivity contribution in [2.75, 3.05) is 11.1 Å². The summed E-state index contributed by atoms with van der Waals surface area (Å²) >= 11 is 0. The molecule has 3 nitrogen and oxygen atoms in total. The summed E-state index contributed by atoms with van der Waals surface area (Å²) in [5, 5.41) is 3.32. The van der Waals surface area contributed by atoms with Gasteiger partial charge in [0.15, 0.2) is 0 Å². The Labute approximate surface area is 95.3 Å². The summed E-state index contributed by atoms with van der Waals surface area (Å²) < 4.78 is 0. The average molecular weight is 213 g/mol. The van der Waals surface area contributed by atoms with Crippen molar-refractivity contribution in [1.82, 2.24) is 4.98 Å². The Bertz CT molecular complexity index is 480. The first-order valence-electron chi connectivity index (χ1n) is 5.24. The second-order valence-corrected chi connectivity index (χ2v) is 3.78. The number of aryl methyl sites for hydroxylation is 1. The van der Waals surface area contributed by atoms with Gasteiger partial charge in [0, 0.05) is 30.3 Å². The zero-order chi connectivity index (χ0) is 11.4. The van der Waals surface area contributed by atoms with E-state index in [4.69, 9.17) is 5.73 Å². The molecule has 1 heterocycles. The van der Waals surface area contributed by atoms with E-state index in [1.165, 1.54) is 11.1 Å². The number of aromatic nitrogens is 1. The van der Waals surface area contributed by atoms with E-state index in [0.29, 0.717) is 0 Å². The first-order valence-corrected chi connectivity index (χ1v) is 5.24. The van der Waals surface area contributed by atoms with Crippen LogP contribution in [0.4, 0.5) is 11.4 Å². The Balaban J connectivity index is 2.05. The van der Waals surface area contributed by atoms with Crippen LogP contribution in [0, 0.1) is 6.92 Å². The van der Waals surface area contributed by atoms with Crippen molar-refractivity contribution in [3.8, 4) is 0 Å². The Morgan fingerprint density at radius 1 is 1.31 bits per heavy atom. The summed E-state index contributed by atoms with van der Waals surface area (Å²) in [7, 11) is 0. The fourth-order valence-electron chi connectivity index (χ4n) is 1.53. The third kappa shape index (κ3) is 2.51. The van der Waals surface area contributed by atoms with Gasteiger partial charge in [-0.05, 0) is 42.3 Å². The van der Waals surface area contributed by atoms with Crippen LogP contribution < -0.4 is 11.1 Å². The van der Waals surface area contributed by atoms with Crippen LogP contribution in [0.3, 0.4) is 0 Å². The molecule has 1 aromatic heterocycles. The Morgan fingerprint density at radius 3 is 2.94 bits per heavy atom. The molecule has 0 bridgehead atoms.